The van der Waals surface area contributed by atoms with Gasteiger partial charge in [0.15, 0.2) is 6.10 Å². The second-order valence-electron chi connectivity index (χ2n) is 23.7. The monoisotopic (exact) mass is 1280 g/mol. The molecule has 0 heterocycles. The van der Waals surface area contributed by atoms with Crippen LogP contribution in [0.15, 0.2) is 170 Å². The molecule has 0 aromatic rings. The Morgan fingerprint density at radius 2 is 0.571 bits per heavy atom. The highest BCUT2D eigenvalue weighted by Gasteiger charge is 2.26. The third-order valence-corrected chi connectivity index (χ3v) is 16.1. The minimum Gasteiger partial charge on any atom is -0.462 e. The van der Waals surface area contributed by atoms with Crippen molar-refractivity contribution in [1.29, 1.82) is 0 Å². The summed E-state index contributed by atoms with van der Waals surface area (Å²) in [5.74, 6) is -0.834. The van der Waals surface area contributed by atoms with Crippen LogP contribution in [0, 0.1) is 0 Å². The van der Waals surface area contributed by atoms with Gasteiger partial charge in [0.1, 0.15) is 6.61 Å². The molecule has 3 N–H and O–H groups in total. The first-order valence-corrected chi connectivity index (χ1v) is 38.1. The van der Waals surface area contributed by atoms with E-state index in [1.165, 1.54) is 122 Å². The van der Waals surface area contributed by atoms with E-state index < -0.39 is 26.5 Å². The Kier molecular flexibility index (Phi) is 70.6. The summed E-state index contributed by atoms with van der Waals surface area (Å²) in [5, 5.41) is 0. The van der Waals surface area contributed by atoms with Crippen molar-refractivity contribution in [2.24, 2.45) is 5.73 Å². The van der Waals surface area contributed by atoms with Gasteiger partial charge in [-0.05, 0) is 128 Å². The number of phosphoric ester groups is 1. The van der Waals surface area contributed by atoms with Crippen molar-refractivity contribution in [2.75, 3.05) is 26.4 Å². The fraction of sp³-hybridized carbons (Fsp3) is 0.630. The number of allylic oxidation sites excluding steroid dienone is 28. The topological polar surface area (TPSA) is 134 Å². The van der Waals surface area contributed by atoms with E-state index in [4.69, 9.17) is 24.3 Å². The highest BCUT2D eigenvalue weighted by Crippen LogP contribution is 2.43. The Hall–Kier alpha value is -4.63. The van der Waals surface area contributed by atoms with Crippen LogP contribution in [0.1, 0.15) is 296 Å². The molecule has 0 spiro atoms. The standard InChI is InChI=1S/C81H134NO8P/c1-3-5-7-9-11-13-15-17-19-21-23-25-27-29-31-33-34-35-36-37-38-39-40-41-42-43-44-46-48-50-52-54-56-58-60-62-64-66-68-70-72-74-81(84)90-79(78-89-91(85,86)88-76-75-82)77-87-80(83)73-71-69-67-65-63-61-59-57-55-53-51-49-47-45-32-30-28-26-24-22-20-18-16-14-12-10-8-6-4-2/h5-8,11-14,17-20,23-26,29-32,34-35,37-38,40-41,47,49,79H,3-4,9-10,15-16,21-22,27-28,33,36,39,42-46,48,50-78,82H2,1-2H3,(H,85,86)/b7-5-,8-6-,13-11-,14-12-,19-17-,20-18-,25-23-,26-24-,31-29-,32-30-,35-34-,38-37-,41-40-,49-47-. The number of esters is 2. The van der Waals surface area contributed by atoms with E-state index in [0.717, 1.165) is 141 Å². The zero-order chi connectivity index (χ0) is 65.8. The summed E-state index contributed by atoms with van der Waals surface area (Å²) < 4.78 is 33.2. The predicted octanol–water partition coefficient (Wildman–Crippen LogP) is 24.5. The van der Waals surface area contributed by atoms with Gasteiger partial charge in [-0.2, -0.15) is 0 Å². The van der Waals surface area contributed by atoms with Gasteiger partial charge in [0.05, 0.1) is 13.2 Å². The summed E-state index contributed by atoms with van der Waals surface area (Å²) in [5.41, 5.74) is 5.41. The maximum atomic E-state index is 12.8. The molecule has 0 rings (SSSR count). The SMILES string of the molecule is CC/C=C\C/C=C\C/C=C\C/C=C\C/C=C\C/C=C\C/C=C\C/C=C\CCCCCCCCCCCCCCCCCCC(=O)OC(COC(=O)CCCCCCCCCCCC/C=C\C/C=C\C/C=C\C/C=C\C/C=C\C/C=C\CC)COP(=O)(O)OCCN. The Morgan fingerprint density at radius 1 is 0.330 bits per heavy atom. The second-order valence-corrected chi connectivity index (χ2v) is 25.1. The van der Waals surface area contributed by atoms with Crippen molar-refractivity contribution in [1.82, 2.24) is 0 Å². The maximum absolute atomic E-state index is 12.8. The van der Waals surface area contributed by atoms with Gasteiger partial charge >= 0.3 is 19.8 Å². The van der Waals surface area contributed by atoms with Gasteiger partial charge in [0.25, 0.3) is 0 Å². The Bertz CT molecular complexity index is 2100. The van der Waals surface area contributed by atoms with Crippen molar-refractivity contribution < 1.29 is 37.6 Å². The number of unbranched alkanes of at least 4 members (excludes halogenated alkanes) is 26. The summed E-state index contributed by atoms with van der Waals surface area (Å²) in [6.07, 6.45) is 110. The third-order valence-electron chi connectivity index (χ3n) is 15.1. The first-order valence-electron chi connectivity index (χ1n) is 36.6. The van der Waals surface area contributed by atoms with Crippen LogP contribution < -0.4 is 5.73 Å². The van der Waals surface area contributed by atoms with E-state index in [-0.39, 0.29) is 38.6 Å². The molecule has 2 atom stereocenters. The van der Waals surface area contributed by atoms with Crippen LogP contribution in [0.4, 0.5) is 0 Å². The summed E-state index contributed by atoms with van der Waals surface area (Å²) in [6, 6.07) is 0. The Morgan fingerprint density at radius 3 is 0.846 bits per heavy atom. The minimum absolute atomic E-state index is 0.0464. The molecule has 91 heavy (non-hydrogen) atoms. The van der Waals surface area contributed by atoms with Gasteiger partial charge in [-0.3, -0.25) is 18.6 Å². The molecule has 0 saturated carbocycles. The van der Waals surface area contributed by atoms with Crippen LogP contribution in [0.3, 0.4) is 0 Å². The summed E-state index contributed by atoms with van der Waals surface area (Å²) in [6.45, 7) is 3.52. The van der Waals surface area contributed by atoms with Crippen molar-refractivity contribution >= 4 is 19.8 Å². The normalized spacial score (nSPS) is 13.9. The average Bonchev–Trinajstić information content (AvgIpc) is 3.74. The number of carbonyl (C=O) groups excluding carboxylic acids is 2. The number of phosphoric acid groups is 1. The number of nitrogens with two attached hydrogens (primary N) is 1. The lowest BCUT2D eigenvalue weighted by Crippen LogP contribution is -2.29. The van der Waals surface area contributed by atoms with Crippen molar-refractivity contribution in [3.8, 4) is 0 Å². The zero-order valence-corrected chi connectivity index (χ0v) is 58.9. The lowest BCUT2D eigenvalue weighted by molar-refractivity contribution is -0.161. The van der Waals surface area contributed by atoms with E-state index in [0.29, 0.717) is 6.42 Å². The molecule has 516 valence electrons. The number of carbonyl (C=O) groups is 2. The van der Waals surface area contributed by atoms with Gasteiger partial charge in [-0.1, -0.05) is 325 Å². The average molecular weight is 1280 g/mol. The molecule has 0 saturated heterocycles. The lowest BCUT2D eigenvalue weighted by Gasteiger charge is -2.19. The second kappa shape index (κ2) is 74.4. The van der Waals surface area contributed by atoms with E-state index >= 15 is 0 Å². The largest absolute Gasteiger partial charge is 0.472 e. The molecule has 0 aromatic heterocycles. The molecule has 0 aliphatic rings. The Balaban J connectivity index is 3.90. The summed E-state index contributed by atoms with van der Waals surface area (Å²) in [4.78, 5) is 35.4. The highest BCUT2D eigenvalue weighted by molar-refractivity contribution is 7.47. The van der Waals surface area contributed by atoms with Crippen LogP contribution in [0.2, 0.25) is 0 Å². The maximum Gasteiger partial charge on any atom is 0.472 e. The van der Waals surface area contributed by atoms with Crippen LogP contribution in [0.25, 0.3) is 0 Å². The van der Waals surface area contributed by atoms with Crippen molar-refractivity contribution in [3.05, 3.63) is 170 Å². The van der Waals surface area contributed by atoms with Crippen LogP contribution in [-0.2, 0) is 32.7 Å². The van der Waals surface area contributed by atoms with Gasteiger partial charge in [-0.25, -0.2) is 4.57 Å². The fourth-order valence-corrected chi connectivity index (χ4v) is 10.5. The van der Waals surface area contributed by atoms with Gasteiger partial charge in [-0.15, -0.1) is 0 Å². The minimum atomic E-state index is -4.41. The third kappa shape index (κ3) is 74.3. The fourth-order valence-electron chi connectivity index (χ4n) is 9.78. The molecular weight excluding hydrogens is 1150 g/mol. The van der Waals surface area contributed by atoms with Crippen LogP contribution in [0.5, 0.6) is 0 Å². The molecule has 0 aromatic carbocycles. The summed E-state index contributed by atoms with van der Waals surface area (Å²) >= 11 is 0. The Labute approximate surface area is 559 Å². The number of hydrogen-bond donors (Lipinski definition) is 2. The molecule has 0 radical (unpaired) electrons. The van der Waals surface area contributed by atoms with Crippen LogP contribution in [-0.4, -0.2) is 49.3 Å². The lowest BCUT2D eigenvalue weighted by atomic mass is 10.0. The number of ether oxygens (including phenoxy) is 2. The van der Waals surface area contributed by atoms with E-state index in [2.05, 4.69) is 184 Å². The van der Waals surface area contributed by atoms with E-state index in [1.54, 1.807) is 0 Å². The van der Waals surface area contributed by atoms with E-state index in [1.807, 2.05) is 0 Å². The molecular formula is C81H134NO8P. The number of hydrogen-bond acceptors (Lipinski definition) is 8. The quantitative estimate of drug-likeness (QED) is 0.0264. The highest BCUT2D eigenvalue weighted by atomic mass is 31.2. The van der Waals surface area contributed by atoms with E-state index in [9.17, 15) is 19.0 Å². The molecule has 0 aliphatic carbocycles. The molecule has 0 fully saturated rings. The zero-order valence-electron chi connectivity index (χ0n) is 58.0. The van der Waals surface area contributed by atoms with Gasteiger partial charge in [0.2, 0.25) is 0 Å². The molecule has 0 amide bonds. The molecule has 9 nitrogen and oxygen atoms in total. The van der Waals surface area contributed by atoms with Crippen molar-refractivity contribution in [3.63, 3.8) is 0 Å². The molecule has 0 bridgehead atoms. The van der Waals surface area contributed by atoms with Crippen molar-refractivity contribution in [2.45, 2.75) is 302 Å². The first kappa shape index (κ1) is 86.4. The van der Waals surface area contributed by atoms with Gasteiger partial charge < -0.3 is 20.1 Å². The number of rotatable bonds is 67. The predicted molar refractivity (Wildman–Crippen MR) is 394 cm³/mol. The molecule has 2 unspecified atom stereocenters. The first-order chi connectivity index (χ1) is 44.8. The molecule has 10 heteroatoms. The summed E-state index contributed by atoms with van der Waals surface area (Å²) in [7, 11) is -4.41. The molecule has 0 aliphatic heterocycles. The van der Waals surface area contributed by atoms with Crippen LogP contribution >= 0.6 is 7.82 Å². The smallest absolute Gasteiger partial charge is 0.462 e. The van der Waals surface area contributed by atoms with Gasteiger partial charge in [0, 0.05) is 19.4 Å².